The lowest BCUT2D eigenvalue weighted by molar-refractivity contribution is -0.134. The molecule has 0 aromatic heterocycles. The maximum absolute atomic E-state index is 14.6. The van der Waals surface area contributed by atoms with Crippen molar-refractivity contribution in [3.05, 3.63) is 94.8 Å². The number of carbonyl (C=O) groups excluding carboxylic acids is 2. The minimum Gasteiger partial charge on any atom is -0.497 e. The number of carboxylic acids is 1. The van der Waals surface area contributed by atoms with Gasteiger partial charge in [0.25, 0.3) is 11.9 Å². The number of halogens is 1. The van der Waals surface area contributed by atoms with Crippen LogP contribution >= 0.6 is 0 Å². The molecule has 218 valence electrons. The average Bonchev–Trinajstić information content (AvgIpc) is 2.94. The first-order valence-corrected chi connectivity index (χ1v) is 12.5. The average molecular weight is 568 g/mol. The van der Waals surface area contributed by atoms with E-state index < -0.39 is 29.8 Å². The molecule has 41 heavy (non-hydrogen) atoms. The fourth-order valence-corrected chi connectivity index (χ4v) is 3.56. The summed E-state index contributed by atoms with van der Waals surface area (Å²) in [5.41, 5.74) is 7.94. The smallest absolute Gasteiger partial charge is 0.319 e. The minimum absolute atomic E-state index is 0.00661. The van der Waals surface area contributed by atoms with Crippen molar-refractivity contribution >= 4 is 29.4 Å². The number of carboxylic acid groups (broad SMARTS) is 1. The summed E-state index contributed by atoms with van der Waals surface area (Å²) in [6.07, 6.45) is -1.18. The van der Waals surface area contributed by atoms with E-state index in [1.807, 2.05) is 30.3 Å². The normalized spacial score (nSPS) is 10.8. The van der Waals surface area contributed by atoms with E-state index >= 15 is 0 Å². The molecule has 0 saturated carbocycles. The van der Waals surface area contributed by atoms with Crippen LogP contribution in [0.5, 0.6) is 5.75 Å². The monoisotopic (exact) mass is 567 g/mol. The molecule has 0 saturated heterocycles. The predicted octanol–water partition coefficient (Wildman–Crippen LogP) is 3.92. The first-order valence-electron chi connectivity index (χ1n) is 12.5. The molecular formula is C29H34FN5O6. The van der Waals surface area contributed by atoms with Gasteiger partial charge in [-0.15, -0.1) is 0 Å². The second-order valence-electron chi connectivity index (χ2n) is 8.54. The number of ether oxygens (including phenoxy) is 2. The van der Waals surface area contributed by atoms with Gasteiger partial charge in [0.05, 0.1) is 7.11 Å². The maximum Gasteiger partial charge on any atom is 0.319 e. The van der Waals surface area contributed by atoms with E-state index in [1.54, 1.807) is 31.2 Å². The summed E-state index contributed by atoms with van der Waals surface area (Å²) in [6.45, 7) is 3.30. The number of amides is 3. The second kappa shape index (κ2) is 16.2. The van der Waals surface area contributed by atoms with Gasteiger partial charge < -0.3 is 36.3 Å². The molecule has 3 amide bonds. The molecule has 0 radical (unpaired) electrons. The zero-order valence-electron chi connectivity index (χ0n) is 23.0. The SMILES string of the molecule is CC(=O)O.CCOC(C(=O)NCc1ccc(C(=N)N)cc1NC(=O)NCc1ccccc1)c1ccc(OC)cc1F. The highest BCUT2D eigenvalue weighted by Crippen LogP contribution is 2.25. The number of hydrogen-bond acceptors (Lipinski definition) is 6. The molecular weight excluding hydrogens is 533 g/mol. The van der Waals surface area contributed by atoms with E-state index in [4.69, 9.17) is 30.5 Å². The Labute approximate surface area is 237 Å². The zero-order valence-corrected chi connectivity index (χ0v) is 23.0. The van der Waals surface area contributed by atoms with Gasteiger partial charge in [0.2, 0.25) is 0 Å². The van der Waals surface area contributed by atoms with Crippen LogP contribution in [0, 0.1) is 11.2 Å². The van der Waals surface area contributed by atoms with E-state index in [0.717, 1.165) is 12.5 Å². The van der Waals surface area contributed by atoms with E-state index in [-0.39, 0.29) is 24.6 Å². The molecule has 0 aliphatic rings. The van der Waals surface area contributed by atoms with Gasteiger partial charge in [-0.25, -0.2) is 9.18 Å². The maximum atomic E-state index is 14.6. The van der Waals surface area contributed by atoms with Crippen molar-refractivity contribution in [2.24, 2.45) is 5.73 Å². The Bertz CT molecular complexity index is 1350. The van der Waals surface area contributed by atoms with E-state index in [2.05, 4.69) is 16.0 Å². The topological polar surface area (TPSA) is 176 Å². The van der Waals surface area contributed by atoms with E-state index in [1.165, 1.54) is 19.2 Å². The number of benzene rings is 3. The Morgan fingerprint density at radius 3 is 2.29 bits per heavy atom. The highest BCUT2D eigenvalue weighted by molar-refractivity contribution is 5.98. The fourth-order valence-electron chi connectivity index (χ4n) is 3.56. The third kappa shape index (κ3) is 10.6. The summed E-state index contributed by atoms with van der Waals surface area (Å²) in [4.78, 5) is 34.6. The van der Waals surface area contributed by atoms with Gasteiger partial charge in [-0.05, 0) is 36.2 Å². The number of nitrogens with two attached hydrogens (primary N) is 1. The standard InChI is InChI=1S/C27H30FN5O4.C2H4O2/c1-3-37-24(21-12-11-20(36-2)14-22(21)28)26(34)31-16-19-10-9-18(25(29)30)13-23(19)33-27(35)32-15-17-7-5-4-6-8-17;1-2(3)4/h4-14,24H,3,15-16H2,1-2H3,(H3,29,30)(H,31,34)(H2,32,33,35);1H3,(H,3,4). The van der Waals surface area contributed by atoms with Crippen molar-refractivity contribution in [3.63, 3.8) is 0 Å². The molecule has 12 heteroatoms. The van der Waals surface area contributed by atoms with Gasteiger partial charge in [0.15, 0.2) is 6.10 Å². The molecule has 7 N–H and O–H groups in total. The lowest BCUT2D eigenvalue weighted by atomic mass is 10.1. The molecule has 0 heterocycles. The molecule has 3 aromatic carbocycles. The van der Waals surface area contributed by atoms with Gasteiger partial charge in [-0.2, -0.15) is 0 Å². The van der Waals surface area contributed by atoms with Gasteiger partial charge in [0.1, 0.15) is 17.4 Å². The number of amidine groups is 1. The minimum atomic E-state index is -1.18. The predicted molar refractivity (Wildman–Crippen MR) is 152 cm³/mol. The van der Waals surface area contributed by atoms with Gasteiger partial charge >= 0.3 is 6.03 Å². The summed E-state index contributed by atoms with van der Waals surface area (Å²) in [5.74, 6) is -1.87. The number of methoxy groups -OCH3 is 1. The molecule has 3 aromatic rings. The third-order valence-corrected chi connectivity index (χ3v) is 5.48. The quantitative estimate of drug-likeness (QED) is 0.150. The van der Waals surface area contributed by atoms with Crippen LogP contribution < -0.4 is 26.4 Å². The lowest BCUT2D eigenvalue weighted by Gasteiger charge is -2.19. The molecule has 1 atom stereocenters. The summed E-state index contributed by atoms with van der Waals surface area (Å²) in [6, 6.07) is 17.9. The number of anilines is 1. The van der Waals surface area contributed by atoms with Crippen LogP contribution in [0.1, 0.15) is 42.2 Å². The number of nitrogen functional groups attached to an aromatic ring is 1. The highest BCUT2D eigenvalue weighted by atomic mass is 19.1. The van der Waals surface area contributed by atoms with Crippen molar-refractivity contribution in [2.75, 3.05) is 19.0 Å². The molecule has 1 unspecified atom stereocenters. The number of rotatable bonds is 11. The number of nitrogens with one attached hydrogen (secondary N) is 4. The lowest BCUT2D eigenvalue weighted by Crippen LogP contribution is -2.32. The highest BCUT2D eigenvalue weighted by Gasteiger charge is 2.25. The Kier molecular flexibility index (Phi) is 12.7. The van der Waals surface area contributed by atoms with E-state index in [9.17, 15) is 14.0 Å². The molecule has 0 aliphatic heterocycles. The van der Waals surface area contributed by atoms with E-state index in [0.29, 0.717) is 29.1 Å². The molecule has 0 spiro atoms. The Morgan fingerprint density at radius 2 is 1.71 bits per heavy atom. The van der Waals surface area contributed by atoms with Crippen LogP contribution in [0.15, 0.2) is 66.7 Å². The number of urea groups is 1. The van der Waals surface area contributed by atoms with Crippen LogP contribution in [-0.2, 0) is 27.4 Å². The van der Waals surface area contributed by atoms with Crippen LogP contribution in [0.3, 0.4) is 0 Å². The molecule has 11 nitrogen and oxygen atoms in total. The van der Waals surface area contributed by atoms with Crippen LogP contribution in [0.25, 0.3) is 0 Å². The number of carbonyl (C=O) groups is 3. The Balaban J connectivity index is 0.00000138. The third-order valence-electron chi connectivity index (χ3n) is 5.48. The van der Waals surface area contributed by atoms with Crippen molar-refractivity contribution in [2.45, 2.75) is 33.0 Å². The van der Waals surface area contributed by atoms with Crippen molar-refractivity contribution in [1.29, 1.82) is 5.41 Å². The van der Waals surface area contributed by atoms with Crippen molar-refractivity contribution < 1.29 is 33.4 Å². The van der Waals surface area contributed by atoms with Gasteiger partial charge in [-0.1, -0.05) is 42.5 Å². The molecule has 0 fully saturated rings. The fraction of sp³-hybridized carbons (Fsp3) is 0.241. The number of hydrogen-bond donors (Lipinski definition) is 6. The molecule has 0 bridgehead atoms. The molecule has 0 aliphatic carbocycles. The summed E-state index contributed by atoms with van der Waals surface area (Å²) in [7, 11) is 1.42. The first kappa shape index (κ1) is 32.2. The summed E-state index contributed by atoms with van der Waals surface area (Å²) >= 11 is 0. The second-order valence-corrected chi connectivity index (χ2v) is 8.54. The largest absolute Gasteiger partial charge is 0.497 e. The van der Waals surface area contributed by atoms with Crippen LogP contribution in [-0.4, -0.2) is 42.6 Å². The number of aliphatic carboxylic acids is 1. The van der Waals surface area contributed by atoms with Crippen molar-refractivity contribution in [1.82, 2.24) is 10.6 Å². The van der Waals surface area contributed by atoms with Gasteiger partial charge in [0, 0.05) is 49.5 Å². The first-order chi connectivity index (χ1) is 19.5. The summed E-state index contributed by atoms with van der Waals surface area (Å²) < 4.78 is 25.2. The molecule has 3 rings (SSSR count). The zero-order chi connectivity index (χ0) is 30.4. The Hall–Kier alpha value is -4.97. The van der Waals surface area contributed by atoms with Crippen LogP contribution in [0.2, 0.25) is 0 Å². The summed E-state index contributed by atoms with van der Waals surface area (Å²) in [5, 5.41) is 23.4. The van der Waals surface area contributed by atoms with Crippen molar-refractivity contribution in [3.8, 4) is 5.75 Å². The van der Waals surface area contributed by atoms with Crippen LogP contribution in [0.4, 0.5) is 14.9 Å². The Morgan fingerprint density at radius 1 is 1.02 bits per heavy atom. The van der Waals surface area contributed by atoms with Gasteiger partial charge in [-0.3, -0.25) is 15.0 Å².